The van der Waals surface area contributed by atoms with Crippen LogP contribution in [0.5, 0.6) is 11.5 Å². The van der Waals surface area contributed by atoms with E-state index in [-0.39, 0.29) is 24.3 Å². The molecule has 29 heavy (non-hydrogen) atoms. The summed E-state index contributed by atoms with van der Waals surface area (Å²) in [5, 5.41) is 32.9. The summed E-state index contributed by atoms with van der Waals surface area (Å²) in [4.78, 5) is 30.3. The predicted octanol–water partition coefficient (Wildman–Crippen LogP) is 2.42. The van der Waals surface area contributed by atoms with Gasteiger partial charge in [-0.05, 0) is 47.5 Å². The molecule has 4 rings (SSSR count). The van der Waals surface area contributed by atoms with Gasteiger partial charge < -0.3 is 30.6 Å². The van der Waals surface area contributed by atoms with E-state index in [1.807, 2.05) is 0 Å². The van der Waals surface area contributed by atoms with Crippen molar-refractivity contribution in [3.05, 3.63) is 59.9 Å². The van der Waals surface area contributed by atoms with Crippen LogP contribution < -0.4 is 5.32 Å². The molecule has 0 aliphatic heterocycles. The van der Waals surface area contributed by atoms with Crippen LogP contribution >= 0.6 is 0 Å². The molecule has 4 aromatic rings. The fraction of sp³-hybridized carbons (Fsp3) is 0.143. The number of hydrogen-bond acceptors (Lipinski definition) is 4. The highest BCUT2D eigenvalue weighted by molar-refractivity contribution is 5.92. The Bertz CT molecular complexity index is 1220. The van der Waals surface area contributed by atoms with Gasteiger partial charge in [0, 0.05) is 40.6 Å². The van der Waals surface area contributed by atoms with Crippen LogP contribution in [0.25, 0.3) is 21.8 Å². The number of aliphatic carboxylic acids is 1. The third-order valence-electron chi connectivity index (χ3n) is 4.91. The number of rotatable bonds is 6. The van der Waals surface area contributed by atoms with Gasteiger partial charge in [0.25, 0.3) is 0 Å². The van der Waals surface area contributed by atoms with Crippen LogP contribution in [0.3, 0.4) is 0 Å². The minimum absolute atomic E-state index is 0.0259. The molecular formula is C21H19N3O5. The van der Waals surface area contributed by atoms with E-state index < -0.39 is 17.9 Å². The summed E-state index contributed by atoms with van der Waals surface area (Å²) >= 11 is 0. The van der Waals surface area contributed by atoms with Crippen molar-refractivity contribution >= 4 is 33.7 Å². The number of hydrogen-bond donors (Lipinski definition) is 6. The number of nitrogens with one attached hydrogen (secondary N) is 3. The molecule has 2 heterocycles. The average molecular weight is 393 g/mol. The van der Waals surface area contributed by atoms with Crippen molar-refractivity contribution in [3.63, 3.8) is 0 Å². The number of fused-ring (bicyclic) bond motifs is 2. The number of carboxylic acids is 1. The van der Waals surface area contributed by atoms with Crippen LogP contribution in [-0.4, -0.2) is 43.2 Å². The van der Waals surface area contributed by atoms with Gasteiger partial charge in [0.2, 0.25) is 5.91 Å². The van der Waals surface area contributed by atoms with Gasteiger partial charge in [0.05, 0.1) is 6.42 Å². The average Bonchev–Trinajstić information content (AvgIpc) is 3.25. The topological polar surface area (TPSA) is 138 Å². The zero-order valence-electron chi connectivity index (χ0n) is 15.3. The first-order chi connectivity index (χ1) is 13.9. The first-order valence-corrected chi connectivity index (χ1v) is 9.01. The van der Waals surface area contributed by atoms with Crippen molar-refractivity contribution in [2.75, 3.05) is 0 Å². The summed E-state index contributed by atoms with van der Waals surface area (Å²) in [6.07, 6.45) is 3.39. The van der Waals surface area contributed by atoms with Gasteiger partial charge in [0.1, 0.15) is 17.5 Å². The number of H-pyrrole nitrogens is 2. The largest absolute Gasteiger partial charge is 0.508 e. The molecule has 2 aromatic heterocycles. The number of aromatic nitrogens is 2. The van der Waals surface area contributed by atoms with Gasteiger partial charge in [-0.25, -0.2) is 4.79 Å². The minimum atomic E-state index is -1.15. The Labute approximate surface area is 164 Å². The van der Waals surface area contributed by atoms with E-state index in [2.05, 4.69) is 15.3 Å². The lowest BCUT2D eigenvalue weighted by atomic mass is 10.0. The van der Waals surface area contributed by atoms with Crippen LogP contribution in [0.2, 0.25) is 0 Å². The summed E-state index contributed by atoms with van der Waals surface area (Å²) in [6.45, 7) is 0. The lowest BCUT2D eigenvalue weighted by Crippen LogP contribution is -2.43. The second kappa shape index (κ2) is 7.23. The Morgan fingerprint density at radius 3 is 2.03 bits per heavy atom. The third-order valence-corrected chi connectivity index (χ3v) is 4.91. The molecule has 8 nitrogen and oxygen atoms in total. The van der Waals surface area contributed by atoms with Crippen LogP contribution in [0, 0.1) is 0 Å². The van der Waals surface area contributed by atoms with E-state index in [0.717, 1.165) is 11.0 Å². The molecule has 0 saturated heterocycles. The van der Waals surface area contributed by atoms with Crippen LogP contribution in [-0.2, 0) is 22.4 Å². The number of phenolic OH excluding ortho intramolecular Hbond substituents is 2. The van der Waals surface area contributed by atoms with Gasteiger partial charge in [0.15, 0.2) is 0 Å². The zero-order chi connectivity index (χ0) is 20.5. The highest BCUT2D eigenvalue weighted by atomic mass is 16.4. The third kappa shape index (κ3) is 3.73. The Kier molecular flexibility index (Phi) is 4.59. The maximum absolute atomic E-state index is 12.5. The fourth-order valence-electron chi connectivity index (χ4n) is 3.49. The van der Waals surface area contributed by atoms with E-state index in [4.69, 9.17) is 0 Å². The molecule has 1 unspecified atom stereocenters. The predicted molar refractivity (Wildman–Crippen MR) is 107 cm³/mol. The number of benzene rings is 2. The molecule has 0 fully saturated rings. The lowest BCUT2D eigenvalue weighted by molar-refractivity contribution is -0.141. The molecule has 1 amide bonds. The first kappa shape index (κ1) is 18.4. The Balaban J connectivity index is 1.51. The Morgan fingerprint density at radius 1 is 0.897 bits per heavy atom. The van der Waals surface area contributed by atoms with Crippen LogP contribution in [0.4, 0.5) is 0 Å². The van der Waals surface area contributed by atoms with Crippen molar-refractivity contribution in [1.29, 1.82) is 0 Å². The number of aromatic amines is 2. The molecule has 8 heteroatoms. The van der Waals surface area contributed by atoms with E-state index in [1.54, 1.807) is 42.7 Å². The molecule has 0 spiro atoms. The first-order valence-electron chi connectivity index (χ1n) is 9.01. The van der Waals surface area contributed by atoms with Gasteiger partial charge in [-0.3, -0.25) is 4.79 Å². The van der Waals surface area contributed by atoms with Crippen LogP contribution in [0.1, 0.15) is 11.1 Å². The maximum atomic E-state index is 12.5. The lowest BCUT2D eigenvalue weighted by Gasteiger charge is -2.14. The van der Waals surface area contributed by atoms with Gasteiger partial charge in [-0.2, -0.15) is 0 Å². The maximum Gasteiger partial charge on any atom is 0.326 e. The number of amides is 1. The fourth-order valence-corrected chi connectivity index (χ4v) is 3.49. The highest BCUT2D eigenvalue weighted by Gasteiger charge is 2.22. The molecule has 0 radical (unpaired) electrons. The molecule has 0 bridgehead atoms. The molecule has 1 atom stereocenters. The Hall–Kier alpha value is -3.94. The SMILES string of the molecule is O=C(Cc1c[nH]c2ccc(O)cc12)NC(Cc1c[nH]c2ccc(O)cc12)C(=O)O. The van der Waals surface area contributed by atoms with E-state index in [1.165, 1.54) is 6.07 Å². The van der Waals surface area contributed by atoms with Crippen molar-refractivity contribution in [1.82, 2.24) is 15.3 Å². The summed E-state index contributed by atoms with van der Waals surface area (Å²) in [5.74, 6) is -1.42. The van der Waals surface area contributed by atoms with Crippen molar-refractivity contribution in [3.8, 4) is 11.5 Å². The Morgan fingerprint density at radius 2 is 1.45 bits per heavy atom. The summed E-state index contributed by atoms with van der Waals surface area (Å²) in [6, 6.07) is 8.48. The van der Waals surface area contributed by atoms with Gasteiger partial charge in [-0.15, -0.1) is 0 Å². The molecule has 2 aromatic carbocycles. The van der Waals surface area contributed by atoms with E-state index >= 15 is 0 Å². The number of carboxylic acid groups (broad SMARTS) is 1. The number of carbonyl (C=O) groups excluding carboxylic acids is 1. The van der Waals surface area contributed by atoms with Crippen molar-refractivity contribution < 1.29 is 24.9 Å². The van der Waals surface area contributed by atoms with Crippen LogP contribution in [0.15, 0.2) is 48.8 Å². The quantitative estimate of drug-likeness (QED) is 0.299. The second-order valence-electron chi connectivity index (χ2n) is 6.93. The molecular weight excluding hydrogens is 374 g/mol. The smallest absolute Gasteiger partial charge is 0.326 e. The molecule has 0 aliphatic rings. The highest BCUT2D eigenvalue weighted by Crippen LogP contribution is 2.25. The van der Waals surface area contributed by atoms with Gasteiger partial charge in [-0.1, -0.05) is 0 Å². The zero-order valence-corrected chi connectivity index (χ0v) is 15.3. The van der Waals surface area contributed by atoms with E-state index in [0.29, 0.717) is 21.9 Å². The second-order valence-corrected chi connectivity index (χ2v) is 6.93. The number of phenols is 2. The summed E-state index contributed by atoms with van der Waals surface area (Å²) < 4.78 is 0. The monoisotopic (exact) mass is 393 g/mol. The van der Waals surface area contributed by atoms with Gasteiger partial charge >= 0.3 is 5.97 Å². The summed E-state index contributed by atoms with van der Waals surface area (Å²) in [7, 11) is 0. The number of aromatic hydroxyl groups is 2. The minimum Gasteiger partial charge on any atom is -0.508 e. The molecule has 6 N–H and O–H groups in total. The molecule has 148 valence electrons. The van der Waals surface area contributed by atoms with Crippen molar-refractivity contribution in [2.45, 2.75) is 18.9 Å². The number of carbonyl (C=O) groups is 2. The summed E-state index contributed by atoms with van der Waals surface area (Å²) in [5.41, 5.74) is 2.89. The standard InChI is InChI=1S/C21H19N3O5/c25-13-1-3-17-15(7-13)11(9-22-17)5-19(21(28)29)24-20(27)6-12-10-23-18-4-2-14(26)8-16(12)18/h1-4,7-10,19,22-23,25-26H,5-6H2,(H,24,27)(H,28,29). The molecule has 0 saturated carbocycles. The normalized spacial score (nSPS) is 12.3. The van der Waals surface area contributed by atoms with Crippen molar-refractivity contribution in [2.24, 2.45) is 0 Å². The van der Waals surface area contributed by atoms with E-state index in [9.17, 15) is 24.9 Å². The molecule has 0 aliphatic carbocycles.